The molecular formula is C21H21N3O7S2. The molecule has 0 aliphatic carbocycles. The van der Waals surface area contributed by atoms with Crippen molar-refractivity contribution in [2.75, 3.05) is 45.3 Å². The Balaban J connectivity index is 1.33. The second-order valence-corrected chi connectivity index (χ2v) is 9.99. The maximum absolute atomic E-state index is 12.6. The summed E-state index contributed by atoms with van der Waals surface area (Å²) in [5.74, 6) is -0.600. The Morgan fingerprint density at radius 2 is 1.88 bits per heavy atom. The van der Waals surface area contributed by atoms with Crippen LogP contribution in [0.15, 0.2) is 47.4 Å². The Labute approximate surface area is 194 Å². The molecule has 174 valence electrons. The molecular weight excluding hydrogens is 470 g/mol. The predicted octanol–water partition coefficient (Wildman–Crippen LogP) is 2.12. The van der Waals surface area contributed by atoms with Gasteiger partial charge < -0.3 is 14.2 Å². The highest BCUT2D eigenvalue weighted by atomic mass is 32.2. The highest BCUT2D eigenvalue weighted by molar-refractivity contribution is 7.89. The van der Waals surface area contributed by atoms with Crippen LogP contribution in [-0.4, -0.2) is 69.6 Å². The third kappa shape index (κ3) is 5.30. The van der Waals surface area contributed by atoms with E-state index in [-0.39, 0.29) is 23.5 Å². The lowest BCUT2D eigenvalue weighted by Gasteiger charge is -2.26. The van der Waals surface area contributed by atoms with Crippen LogP contribution in [0.5, 0.6) is 5.75 Å². The molecule has 12 heteroatoms. The smallest absolute Gasteiger partial charge is 0.338 e. The van der Waals surface area contributed by atoms with Crippen LogP contribution < -0.4 is 10.1 Å². The molecule has 1 fully saturated rings. The van der Waals surface area contributed by atoms with Crippen molar-refractivity contribution in [2.45, 2.75) is 4.90 Å². The fraction of sp³-hybridized carbons (Fsp3) is 0.286. The van der Waals surface area contributed by atoms with Crippen LogP contribution in [0.25, 0.3) is 10.2 Å². The van der Waals surface area contributed by atoms with Crippen molar-refractivity contribution in [1.82, 2.24) is 9.29 Å². The summed E-state index contributed by atoms with van der Waals surface area (Å²) in [4.78, 5) is 28.8. The normalized spacial score (nSPS) is 14.7. The van der Waals surface area contributed by atoms with Gasteiger partial charge in [-0.2, -0.15) is 4.31 Å². The van der Waals surface area contributed by atoms with E-state index in [1.54, 1.807) is 19.2 Å². The van der Waals surface area contributed by atoms with E-state index in [1.165, 1.54) is 39.9 Å². The Hall–Kier alpha value is -3.06. The standard InChI is InChI=1S/C21H21N3O7S2/c1-29-15-4-7-17-18(12-15)32-21(22-17)23-19(25)13-31-20(26)14-2-5-16(6-3-14)33(27,28)24-8-10-30-11-9-24/h2-7,12H,8-11,13H2,1H3,(H,22,23,25). The lowest BCUT2D eigenvalue weighted by atomic mass is 10.2. The van der Waals surface area contributed by atoms with Crippen LogP contribution in [0.1, 0.15) is 10.4 Å². The summed E-state index contributed by atoms with van der Waals surface area (Å²) in [7, 11) is -2.09. The maximum Gasteiger partial charge on any atom is 0.338 e. The zero-order valence-corrected chi connectivity index (χ0v) is 19.3. The summed E-state index contributed by atoms with van der Waals surface area (Å²) >= 11 is 1.27. The van der Waals surface area contributed by atoms with Crippen LogP contribution in [0, 0.1) is 0 Å². The molecule has 10 nitrogen and oxygen atoms in total. The zero-order valence-electron chi connectivity index (χ0n) is 17.6. The first kappa shape index (κ1) is 23.1. The fourth-order valence-electron chi connectivity index (χ4n) is 3.15. The topological polar surface area (TPSA) is 124 Å². The molecule has 1 saturated heterocycles. The Bertz CT molecular complexity index is 1270. The number of methoxy groups -OCH3 is 1. The summed E-state index contributed by atoms with van der Waals surface area (Å²) in [5, 5.41) is 2.97. The van der Waals surface area contributed by atoms with Crippen molar-refractivity contribution in [3.63, 3.8) is 0 Å². The van der Waals surface area contributed by atoms with Crippen molar-refractivity contribution < 1.29 is 32.2 Å². The Morgan fingerprint density at radius 3 is 2.58 bits per heavy atom. The molecule has 2 aromatic carbocycles. The van der Waals surface area contributed by atoms with Gasteiger partial charge in [-0.1, -0.05) is 11.3 Å². The van der Waals surface area contributed by atoms with Gasteiger partial charge in [0.05, 0.1) is 41.0 Å². The van der Waals surface area contributed by atoms with Crippen molar-refractivity contribution in [3.8, 4) is 5.75 Å². The van der Waals surface area contributed by atoms with Gasteiger partial charge in [0.25, 0.3) is 5.91 Å². The predicted molar refractivity (Wildman–Crippen MR) is 121 cm³/mol. The van der Waals surface area contributed by atoms with Gasteiger partial charge in [-0.3, -0.25) is 10.1 Å². The molecule has 1 aromatic heterocycles. The van der Waals surface area contributed by atoms with Gasteiger partial charge >= 0.3 is 5.97 Å². The average molecular weight is 492 g/mol. The van der Waals surface area contributed by atoms with Gasteiger partial charge in [0, 0.05) is 13.1 Å². The number of hydrogen-bond acceptors (Lipinski definition) is 9. The van der Waals surface area contributed by atoms with Gasteiger partial charge in [0.15, 0.2) is 11.7 Å². The van der Waals surface area contributed by atoms with Crippen LogP contribution in [0.3, 0.4) is 0 Å². The summed E-state index contributed by atoms with van der Waals surface area (Å²) in [6.45, 7) is 0.743. The van der Waals surface area contributed by atoms with Crippen LogP contribution >= 0.6 is 11.3 Å². The number of esters is 1. The first-order valence-electron chi connectivity index (χ1n) is 9.96. The third-order valence-corrected chi connectivity index (χ3v) is 7.72. The van der Waals surface area contributed by atoms with E-state index >= 15 is 0 Å². The lowest BCUT2D eigenvalue weighted by molar-refractivity contribution is -0.119. The number of fused-ring (bicyclic) bond motifs is 1. The summed E-state index contributed by atoms with van der Waals surface area (Å²) < 4.78 is 42.9. The first-order chi connectivity index (χ1) is 15.9. The molecule has 0 unspecified atom stereocenters. The second kappa shape index (κ2) is 9.83. The van der Waals surface area contributed by atoms with E-state index < -0.39 is 28.5 Å². The minimum Gasteiger partial charge on any atom is -0.497 e. The number of ether oxygens (including phenoxy) is 3. The molecule has 0 radical (unpaired) electrons. The number of nitrogens with one attached hydrogen (secondary N) is 1. The van der Waals surface area contributed by atoms with Crippen molar-refractivity contribution in [2.24, 2.45) is 0 Å². The second-order valence-electron chi connectivity index (χ2n) is 7.02. The molecule has 1 amide bonds. The largest absolute Gasteiger partial charge is 0.497 e. The molecule has 33 heavy (non-hydrogen) atoms. The molecule has 0 saturated carbocycles. The average Bonchev–Trinajstić information content (AvgIpc) is 3.24. The highest BCUT2D eigenvalue weighted by Gasteiger charge is 2.26. The zero-order chi connectivity index (χ0) is 23.4. The number of nitrogens with zero attached hydrogens (tertiary/aromatic N) is 2. The van der Waals surface area contributed by atoms with Crippen LogP contribution in [-0.2, 0) is 24.3 Å². The molecule has 1 aliphatic rings. The molecule has 2 heterocycles. The molecule has 1 aliphatic heterocycles. The van der Waals surface area contributed by atoms with Gasteiger partial charge in [0.1, 0.15) is 5.75 Å². The van der Waals surface area contributed by atoms with Gasteiger partial charge in [0.2, 0.25) is 10.0 Å². The maximum atomic E-state index is 12.6. The monoisotopic (exact) mass is 491 g/mol. The summed E-state index contributed by atoms with van der Waals surface area (Å²) in [6, 6.07) is 10.8. The number of anilines is 1. The van der Waals surface area contributed by atoms with Crippen LogP contribution in [0.4, 0.5) is 5.13 Å². The van der Waals surface area contributed by atoms with E-state index in [1.807, 2.05) is 6.07 Å². The van der Waals surface area contributed by atoms with E-state index in [0.29, 0.717) is 29.6 Å². The number of carbonyl (C=O) groups is 2. The SMILES string of the molecule is COc1ccc2nc(NC(=O)COC(=O)c3ccc(S(=O)(=O)N4CCOCC4)cc3)sc2c1. The number of sulfonamides is 1. The Kier molecular flexibility index (Phi) is 6.88. The minimum atomic E-state index is -3.66. The Morgan fingerprint density at radius 1 is 1.15 bits per heavy atom. The molecule has 3 aromatic rings. The molecule has 0 atom stereocenters. The van der Waals surface area contributed by atoms with E-state index in [2.05, 4.69) is 10.3 Å². The van der Waals surface area contributed by atoms with Crippen LogP contribution in [0.2, 0.25) is 0 Å². The number of hydrogen-bond donors (Lipinski definition) is 1. The summed E-state index contributed by atoms with van der Waals surface area (Å²) in [5.41, 5.74) is 0.844. The number of amides is 1. The van der Waals surface area contributed by atoms with E-state index in [4.69, 9.17) is 14.2 Å². The third-order valence-electron chi connectivity index (χ3n) is 4.87. The number of morpholine rings is 1. The van der Waals surface area contributed by atoms with E-state index in [0.717, 1.165) is 4.70 Å². The molecule has 1 N–H and O–H groups in total. The minimum absolute atomic E-state index is 0.0751. The van der Waals surface area contributed by atoms with Crippen molar-refractivity contribution in [1.29, 1.82) is 0 Å². The lowest BCUT2D eigenvalue weighted by Crippen LogP contribution is -2.40. The van der Waals surface area contributed by atoms with Gasteiger partial charge in [-0.15, -0.1) is 0 Å². The quantitative estimate of drug-likeness (QED) is 0.499. The van der Waals surface area contributed by atoms with Crippen molar-refractivity contribution >= 4 is 48.6 Å². The molecule has 4 rings (SSSR count). The number of thiazole rings is 1. The highest BCUT2D eigenvalue weighted by Crippen LogP contribution is 2.29. The molecule has 0 bridgehead atoms. The fourth-order valence-corrected chi connectivity index (χ4v) is 5.47. The number of benzene rings is 2. The van der Waals surface area contributed by atoms with Crippen molar-refractivity contribution in [3.05, 3.63) is 48.0 Å². The number of rotatable bonds is 7. The first-order valence-corrected chi connectivity index (χ1v) is 12.2. The van der Waals surface area contributed by atoms with Gasteiger partial charge in [-0.05, 0) is 42.5 Å². The molecule has 0 spiro atoms. The van der Waals surface area contributed by atoms with E-state index in [9.17, 15) is 18.0 Å². The number of carbonyl (C=O) groups excluding carboxylic acids is 2. The van der Waals surface area contributed by atoms with Gasteiger partial charge in [-0.25, -0.2) is 18.2 Å². The summed E-state index contributed by atoms with van der Waals surface area (Å²) in [6.07, 6.45) is 0. The number of aromatic nitrogens is 1.